The van der Waals surface area contributed by atoms with Gasteiger partial charge in [0.25, 0.3) is 0 Å². The molecule has 1 aromatic heterocycles. The number of aromatic amines is 1. The molecule has 106 valence electrons. The van der Waals surface area contributed by atoms with E-state index in [2.05, 4.69) is 9.71 Å². The van der Waals surface area contributed by atoms with Crippen LogP contribution in [0.25, 0.3) is 0 Å². The standard InChI is InChI=1S/C12H12N2O5S/c15-11-2-1-9(5-10(11)12(16)17)20(18,19)14-7-8-3-4-13-6-8/h1-6,13-15H,7H2,(H,16,17). The molecule has 0 aliphatic heterocycles. The van der Waals surface area contributed by atoms with Gasteiger partial charge in [-0.2, -0.15) is 0 Å². The Kier molecular flexibility index (Phi) is 3.77. The molecular weight excluding hydrogens is 284 g/mol. The Labute approximate surface area is 114 Å². The molecule has 7 nitrogen and oxygen atoms in total. The third-order valence-corrected chi connectivity index (χ3v) is 4.04. The van der Waals surface area contributed by atoms with E-state index >= 15 is 0 Å². The van der Waals surface area contributed by atoms with Crippen molar-refractivity contribution >= 4 is 16.0 Å². The number of carboxylic acid groups (broad SMARTS) is 1. The number of sulfonamides is 1. The molecule has 2 rings (SSSR count). The van der Waals surface area contributed by atoms with E-state index < -0.39 is 27.3 Å². The summed E-state index contributed by atoms with van der Waals surface area (Å²) in [7, 11) is -3.85. The van der Waals surface area contributed by atoms with E-state index in [-0.39, 0.29) is 11.4 Å². The second kappa shape index (κ2) is 5.35. The minimum Gasteiger partial charge on any atom is -0.507 e. The van der Waals surface area contributed by atoms with Crippen molar-refractivity contribution in [3.05, 3.63) is 47.8 Å². The first kappa shape index (κ1) is 14.1. The fraction of sp³-hybridized carbons (Fsp3) is 0.0833. The Bertz CT molecular complexity index is 722. The number of aromatic hydroxyl groups is 1. The maximum atomic E-state index is 12.0. The number of carbonyl (C=O) groups is 1. The Morgan fingerprint density at radius 1 is 1.30 bits per heavy atom. The van der Waals surface area contributed by atoms with Gasteiger partial charge in [-0.25, -0.2) is 17.9 Å². The fourth-order valence-corrected chi connectivity index (χ4v) is 2.63. The summed E-state index contributed by atoms with van der Waals surface area (Å²) in [6, 6.07) is 4.80. The highest BCUT2D eigenvalue weighted by molar-refractivity contribution is 7.89. The van der Waals surface area contributed by atoms with Crippen LogP contribution in [-0.4, -0.2) is 29.6 Å². The van der Waals surface area contributed by atoms with Gasteiger partial charge in [-0.1, -0.05) is 0 Å². The summed E-state index contributed by atoms with van der Waals surface area (Å²) in [5.41, 5.74) is 0.278. The summed E-state index contributed by atoms with van der Waals surface area (Å²) in [4.78, 5) is 13.4. The Balaban J connectivity index is 2.25. The molecule has 8 heteroatoms. The van der Waals surface area contributed by atoms with Crippen LogP contribution in [-0.2, 0) is 16.6 Å². The number of hydrogen-bond donors (Lipinski definition) is 4. The summed E-state index contributed by atoms with van der Waals surface area (Å²) < 4.78 is 26.4. The summed E-state index contributed by atoms with van der Waals surface area (Å²) in [6.45, 7) is 0.0785. The van der Waals surface area contributed by atoms with Gasteiger partial charge in [-0.05, 0) is 29.8 Å². The van der Waals surface area contributed by atoms with Crippen LogP contribution in [0.15, 0.2) is 41.6 Å². The maximum Gasteiger partial charge on any atom is 0.339 e. The molecule has 0 aliphatic carbocycles. The Morgan fingerprint density at radius 3 is 2.65 bits per heavy atom. The molecule has 0 unspecified atom stereocenters. The van der Waals surface area contributed by atoms with Gasteiger partial charge >= 0.3 is 5.97 Å². The van der Waals surface area contributed by atoms with Crippen LogP contribution in [0.4, 0.5) is 0 Å². The van der Waals surface area contributed by atoms with Crippen LogP contribution >= 0.6 is 0 Å². The van der Waals surface area contributed by atoms with Crippen LogP contribution < -0.4 is 4.72 Å². The van der Waals surface area contributed by atoms with Crippen LogP contribution in [0.1, 0.15) is 15.9 Å². The van der Waals surface area contributed by atoms with Gasteiger partial charge in [0.15, 0.2) is 0 Å². The van der Waals surface area contributed by atoms with E-state index in [1.165, 1.54) is 0 Å². The molecule has 0 fully saturated rings. The number of carboxylic acids is 1. The van der Waals surface area contributed by atoms with Crippen molar-refractivity contribution in [1.29, 1.82) is 0 Å². The van der Waals surface area contributed by atoms with Crippen molar-refractivity contribution in [1.82, 2.24) is 9.71 Å². The van der Waals surface area contributed by atoms with Crippen LogP contribution in [0.3, 0.4) is 0 Å². The zero-order valence-electron chi connectivity index (χ0n) is 10.2. The summed E-state index contributed by atoms with van der Waals surface area (Å²) in [6.07, 6.45) is 3.30. The molecule has 0 aliphatic rings. The molecule has 0 atom stereocenters. The second-order valence-electron chi connectivity index (χ2n) is 4.03. The molecule has 20 heavy (non-hydrogen) atoms. The number of aromatic nitrogens is 1. The predicted molar refractivity (Wildman–Crippen MR) is 69.9 cm³/mol. The molecule has 1 aromatic carbocycles. The van der Waals surface area contributed by atoms with Gasteiger partial charge in [-0.3, -0.25) is 0 Å². The lowest BCUT2D eigenvalue weighted by Gasteiger charge is -2.07. The van der Waals surface area contributed by atoms with E-state index in [1.54, 1.807) is 18.5 Å². The van der Waals surface area contributed by atoms with E-state index in [1.807, 2.05) is 0 Å². The van der Waals surface area contributed by atoms with Crippen LogP contribution in [0, 0.1) is 0 Å². The highest BCUT2D eigenvalue weighted by Crippen LogP contribution is 2.21. The van der Waals surface area contributed by atoms with Gasteiger partial charge in [0.1, 0.15) is 11.3 Å². The molecule has 0 radical (unpaired) electrons. The molecule has 0 spiro atoms. The number of H-pyrrole nitrogens is 1. The van der Waals surface area contributed by atoms with Crippen molar-refractivity contribution in [3.8, 4) is 5.75 Å². The van der Waals surface area contributed by atoms with E-state index in [4.69, 9.17) is 5.11 Å². The van der Waals surface area contributed by atoms with Gasteiger partial charge in [-0.15, -0.1) is 0 Å². The minimum absolute atomic E-state index is 0.0785. The molecule has 0 saturated heterocycles. The van der Waals surface area contributed by atoms with Crippen molar-refractivity contribution in [3.63, 3.8) is 0 Å². The zero-order chi connectivity index (χ0) is 14.8. The lowest BCUT2D eigenvalue weighted by atomic mass is 10.2. The average molecular weight is 296 g/mol. The molecule has 0 bridgehead atoms. The largest absolute Gasteiger partial charge is 0.507 e. The molecule has 4 N–H and O–H groups in total. The van der Waals surface area contributed by atoms with Gasteiger partial charge in [0.2, 0.25) is 10.0 Å². The number of benzene rings is 1. The summed E-state index contributed by atoms with van der Waals surface area (Å²) in [5, 5.41) is 18.2. The topological polar surface area (TPSA) is 119 Å². The number of aromatic carboxylic acids is 1. The smallest absolute Gasteiger partial charge is 0.339 e. The predicted octanol–water partition coefficient (Wildman–Crippen LogP) is 0.897. The highest BCUT2D eigenvalue weighted by Gasteiger charge is 2.18. The lowest BCUT2D eigenvalue weighted by molar-refractivity contribution is 0.0693. The SMILES string of the molecule is O=C(O)c1cc(S(=O)(=O)NCc2cc[nH]c2)ccc1O. The average Bonchev–Trinajstić information content (AvgIpc) is 2.89. The van der Waals surface area contributed by atoms with E-state index in [9.17, 15) is 18.3 Å². The van der Waals surface area contributed by atoms with Gasteiger partial charge < -0.3 is 15.2 Å². The van der Waals surface area contributed by atoms with Crippen LogP contribution in [0.5, 0.6) is 5.75 Å². The van der Waals surface area contributed by atoms with Crippen molar-refractivity contribution < 1.29 is 23.4 Å². The van der Waals surface area contributed by atoms with Gasteiger partial charge in [0, 0.05) is 18.9 Å². The molecular formula is C12H12N2O5S. The Hall–Kier alpha value is -2.32. The monoisotopic (exact) mass is 296 g/mol. The highest BCUT2D eigenvalue weighted by atomic mass is 32.2. The lowest BCUT2D eigenvalue weighted by Crippen LogP contribution is -2.23. The molecule has 0 amide bonds. The first-order valence-electron chi connectivity index (χ1n) is 5.58. The summed E-state index contributed by atoms with van der Waals surface area (Å²) in [5.74, 6) is -1.88. The van der Waals surface area contributed by atoms with Crippen molar-refractivity contribution in [2.24, 2.45) is 0 Å². The van der Waals surface area contributed by atoms with Gasteiger partial charge in [0.05, 0.1) is 4.90 Å². The molecule has 0 saturated carbocycles. The number of hydrogen-bond acceptors (Lipinski definition) is 4. The second-order valence-corrected chi connectivity index (χ2v) is 5.79. The summed E-state index contributed by atoms with van der Waals surface area (Å²) >= 11 is 0. The van der Waals surface area contributed by atoms with Crippen molar-refractivity contribution in [2.75, 3.05) is 0 Å². The molecule has 2 aromatic rings. The third kappa shape index (κ3) is 2.98. The van der Waals surface area contributed by atoms with Crippen LogP contribution in [0.2, 0.25) is 0 Å². The quantitative estimate of drug-likeness (QED) is 0.653. The normalized spacial score (nSPS) is 11.4. The molecule has 1 heterocycles. The Morgan fingerprint density at radius 2 is 2.05 bits per heavy atom. The zero-order valence-corrected chi connectivity index (χ0v) is 11.0. The van der Waals surface area contributed by atoms with Crippen molar-refractivity contribution in [2.45, 2.75) is 11.4 Å². The third-order valence-electron chi connectivity index (χ3n) is 2.64. The van der Waals surface area contributed by atoms with E-state index in [0.29, 0.717) is 0 Å². The first-order chi connectivity index (χ1) is 9.40. The first-order valence-corrected chi connectivity index (χ1v) is 7.06. The number of rotatable bonds is 5. The van der Waals surface area contributed by atoms with E-state index in [0.717, 1.165) is 23.8 Å². The minimum atomic E-state index is -3.85. The fourth-order valence-electron chi connectivity index (χ4n) is 1.58. The maximum absolute atomic E-state index is 12.0. The number of nitrogens with one attached hydrogen (secondary N) is 2. The number of phenols is 1.